The van der Waals surface area contributed by atoms with Gasteiger partial charge in [-0.1, -0.05) is 17.7 Å². The Morgan fingerprint density at radius 1 is 1.27 bits per heavy atom. The fourth-order valence-electron chi connectivity index (χ4n) is 4.08. The van der Waals surface area contributed by atoms with Gasteiger partial charge in [-0.2, -0.15) is 0 Å². The van der Waals surface area contributed by atoms with Crippen LogP contribution < -0.4 is 9.80 Å². The molecule has 0 saturated carbocycles. The SMILES string of the molecule is C[C@H]1c2ccsc2CC[NH+]1CC(=O)N1CCN(c2cccc(Cl)c2)CC1. The minimum atomic E-state index is 0.288. The molecule has 4 nitrogen and oxygen atoms in total. The van der Waals surface area contributed by atoms with Crippen molar-refractivity contribution in [3.63, 3.8) is 0 Å². The molecule has 0 spiro atoms. The minimum Gasteiger partial charge on any atom is -0.368 e. The number of carbonyl (C=O) groups excluding carboxylic acids is 1. The molecule has 1 unspecified atom stereocenters. The summed E-state index contributed by atoms with van der Waals surface area (Å²) in [6.07, 6.45) is 1.10. The second-order valence-corrected chi connectivity index (χ2v) is 8.64. The first-order chi connectivity index (χ1) is 12.6. The standard InChI is InChI=1S/C20H24ClN3OS/c1-15-18-6-12-26-19(18)5-7-24(15)14-20(25)23-10-8-22(9-11-23)17-4-2-3-16(21)13-17/h2-4,6,12-13,15H,5,7-11,14H2,1H3/p+1/t15-/m0/s1. The monoisotopic (exact) mass is 390 g/mol. The van der Waals surface area contributed by atoms with Gasteiger partial charge in [-0.25, -0.2) is 0 Å². The summed E-state index contributed by atoms with van der Waals surface area (Å²) in [5, 5.41) is 2.94. The van der Waals surface area contributed by atoms with Crippen LogP contribution in [0, 0.1) is 0 Å². The van der Waals surface area contributed by atoms with Crippen molar-refractivity contribution in [1.29, 1.82) is 0 Å². The van der Waals surface area contributed by atoms with Gasteiger partial charge in [-0.15, -0.1) is 11.3 Å². The van der Waals surface area contributed by atoms with Crippen molar-refractivity contribution >= 4 is 34.5 Å². The van der Waals surface area contributed by atoms with E-state index in [1.165, 1.54) is 15.3 Å². The van der Waals surface area contributed by atoms with Crippen LogP contribution in [0.5, 0.6) is 0 Å². The van der Waals surface area contributed by atoms with Crippen LogP contribution in [0.25, 0.3) is 0 Å². The van der Waals surface area contributed by atoms with E-state index in [2.05, 4.69) is 29.3 Å². The van der Waals surface area contributed by atoms with Gasteiger partial charge in [-0.05, 0) is 36.6 Å². The Kier molecular flexibility index (Phi) is 5.20. The Bertz CT molecular complexity index is 785. The van der Waals surface area contributed by atoms with E-state index in [1.807, 2.05) is 34.4 Å². The molecule has 1 aromatic heterocycles. The van der Waals surface area contributed by atoms with Crippen molar-refractivity contribution in [2.75, 3.05) is 44.2 Å². The van der Waals surface area contributed by atoms with Crippen LogP contribution in [0.1, 0.15) is 23.4 Å². The first kappa shape index (κ1) is 17.8. The number of nitrogens with zero attached hydrogens (tertiary/aromatic N) is 2. The van der Waals surface area contributed by atoms with Crippen molar-refractivity contribution in [3.05, 3.63) is 51.2 Å². The summed E-state index contributed by atoms with van der Waals surface area (Å²) < 4.78 is 0. The molecule has 1 saturated heterocycles. The number of amides is 1. The van der Waals surface area contributed by atoms with Gasteiger partial charge in [0.2, 0.25) is 0 Å². The number of anilines is 1. The van der Waals surface area contributed by atoms with E-state index in [0.29, 0.717) is 12.6 Å². The number of carbonyl (C=O) groups is 1. The topological polar surface area (TPSA) is 28.0 Å². The Morgan fingerprint density at radius 2 is 2.08 bits per heavy atom. The van der Waals surface area contributed by atoms with Crippen molar-refractivity contribution in [2.45, 2.75) is 19.4 Å². The zero-order valence-corrected chi connectivity index (χ0v) is 16.7. The third kappa shape index (κ3) is 3.61. The molecule has 1 amide bonds. The van der Waals surface area contributed by atoms with E-state index in [-0.39, 0.29) is 5.91 Å². The maximum atomic E-state index is 12.8. The summed E-state index contributed by atoms with van der Waals surface area (Å²) in [6, 6.07) is 10.6. The Morgan fingerprint density at radius 3 is 2.85 bits per heavy atom. The third-order valence-electron chi connectivity index (χ3n) is 5.72. The number of hydrogen-bond acceptors (Lipinski definition) is 3. The van der Waals surface area contributed by atoms with Gasteiger partial charge in [0.25, 0.3) is 5.91 Å². The fourth-order valence-corrected chi connectivity index (χ4v) is 5.25. The molecular formula is C20H25ClN3OS+. The Labute approximate surface area is 164 Å². The van der Waals surface area contributed by atoms with E-state index in [0.717, 1.165) is 49.9 Å². The lowest BCUT2D eigenvalue weighted by atomic mass is 10.0. The fraction of sp³-hybridized carbons (Fsp3) is 0.450. The summed E-state index contributed by atoms with van der Waals surface area (Å²) in [4.78, 5) is 20.1. The molecule has 6 heteroatoms. The number of fused-ring (bicyclic) bond motifs is 1. The second kappa shape index (κ2) is 7.59. The number of halogens is 1. The van der Waals surface area contributed by atoms with Gasteiger partial charge in [-0.3, -0.25) is 4.79 Å². The summed E-state index contributed by atoms with van der Waals surface area (Å²) in [7, 11) is 0. The first-order valence-corrected chi connectivity index (χ1v) is 10.6. The largest absolute Gasteiger partial charge is 0.368 e. The highest BCUT2D eigenvalue weighted by molar-refractivity contribution is 7.10. The van der Waals surface area contributed by atoms with Crippen molar-refractivity contribution in [3.8, 4) is 0 Å². The Balaban J connectivity index is 1.33. The van der Waals surface area contributed by atoms with Gasteiger partial charge >= 0.3 is 0 Å². The number of thiophene rings is 1. The van der Waals surface area contributed by atoms with E-state index in [9.17, 15) is 4.79 Å². The normalized spacial score (nSPS) is 23.0. The predicted octanol–water partition coefficient (Wildman–Crippen LogP) is 2.25. The van der Waals surface area contributed by atoms with E-state index < -0.39 is 0 Å². The number of nitrogens with one attached hydrogen (secondary N) is 1. The number of benzene rings is 1. The maximum absolute atomic E-state index is 12.8. The molecule has 1 aromatic carbocycles. The minimum absolute atomic E-state index is 0.288. The van der Waals surface area contributed by atoms with Crippen molar-refractivity contribution < 1.29 is 9.69 Å². The predicted molar refractivity (Wildman–Crippen MR) is 107 cm³/mol. The van der Waals surface area contributed by atoms with Gasteiger partial charge in [0.05, 0.1) is 6.54 Å². The molecule has 4 rings (SSSR count). The van der Waals surface area contributed by atoms with Crippen LogP contribution >= 0.6 is 22.9 Å². The molecule has 0 aliphatic carbocycles. The molecule has 2 atom stereocenters. The quantitative estimate of drug-likeness (QED) is 0.870. The molecule has 1 N–H and O–H groups in total. The molecule has 0 radical (unpaired) electrons. The number of piperazine rings is 1. The van der Waals surface area contributed by atoms with Crippen LogP contribution in [-0.4, -0.2) is 50.1 Å². The highest BCUT2D eigenvalue weighted by Crippen LogP contribution is 2.24. The maximum Gasteiger partial charge on any atom is 0.277 e. The number of hydrogen-bond donors (Lipinski definition) is 1. The van der Waals surface area contributed by atoms with Crippen LogP contribution in [0.2, 0.25) is 5.02 Å². The van der Waals surface area contributed by atoms with Crippen molar-refractivity contribution in [1.82, 2.24) is 4.90 Å². The van der Waals surface area contributed by atoms with Gasteiger partial charge < -0.3 is 14.7 Å². The average Bonchev–Trinajstić information content (AvgIpc) is 3.14. The molecule has 1 fully saturated rings. The van der Waals surface area contributed by atoms with Crippen LogP contribution in [0.3, 0.4) is 0 Å². The molecule has 138 valence electrons. The molecule has 2 aromatic rings. The zero-order valence-electron chi connectivity index (χ0n) is 15.1. The zero-order chi connectivity index (χ0) is 18.1. The first-order valence-electron chi connectivity index (χ1n) is 9.31. The van der Waals surface area contributed by atoms with Crippen LogP contribution in [0.15, 0.2) is 35.7 Å². The molecular weight excluding hydrogens is 366 g/mol. The van der Waals surface area contributed by atoms with E-state index >= 15 is 0 Å². The van der Waals surface area contributed by atoms with Crippen LogP contribution in [-0.2, 0) is 11.2 Å². The Hall–Kier alpha value is -1.56. The molecule has 3 heterocycles. The number of rotatable bonds is 3. The summed E-state index contributed by atoms with van der Waals surface area (Å²) in [5.74, 6) is 0.288. The van der Waals surface area contributed by atoms with Crippen molar-refractivity contribution in [2.24, 2.45) is 0 Å². The van der Waals surface area contributed by atoms with Gasteiger partial charge in [0.1, 0.15) is 6.04 Å². The van der Waals surface area contributed by atoms with Crippen LogP contribution in [0.4, 0.5) is 5.69 Å². The lowest BCUT2D eigenvalue weighted by Crippen LogP contribution is -3.14. The summed E-state index contributed by atoms with van der Waals surface area (Å²) >= 11 is 7.95. The molecule has 26 heavy (non-hydrogen) atoms. The van der Waals surface area contributed by atoms with Gasteiger partial charge in [0, 0.05) is 53.8 Å². The summed E-state index contributed by atoms with van der Waals surface area (Å²) in [5.41, 5.74) is 2.58. The molecule has 2 aliphatic heterocycles. The average molecular weight is 391 g/mol. The molecule has 0 bridgehead atoms. The smallest absolute Gasteiger partial charge is 0.277 e. The van der Waals surface area contributed by atoms with Gasteiger partial charge in [0.15, 0.2) is 6.54 Å². The second-order valence-electron chi connectivity index (χ2n) is 7.20. The highest BCUT2D eigenvalue weighted by atomic mass is 35.5. The number of quaternary nitrogens is 1. The van der Waals surface area contributed by atoms with E-state index in [1.54, 1.807) is 0 Å². The lowest BCUT2D eigenvalue weighted by molar-refractivity contribution is -0.924. The van der Waals surface area contributed by atoms with E-state index in [4.69, 9.17) is 11.6 Å². The molecule has 2 aliphatic rings. The lowest BCUT2D eigenvalue weighted by Gasteiger charge is -2.37. The summed E-state index contributed by atoms with van der Waals surface area (Å²) in [6.45, 7) is 7.23. The third-order valence-corrected chi connectivity index (χ3v) is 6.95. The highest BCUT2D eigenvalue weighted by Gasteiger charge is 2.32.